The summed E-state index contributed by atoms with van der Waals surface area (Å²) in [5.41, 5.74) is 0.880. The van der Waals surface area contributed by atoms with Gasteiger partial charge < -0.3 is 24.4 Å². The predicted molar refractivity (Wildman–Crippen MR) is 115 cm³/mol. The average molecular weight is 415 g/mol. The number of benzene rings is 2. The Morgan fingerprint density at radius 2 is 1.57 bits per heavy atom. The molecule has 2 aromatic rings. The van der Waals surface area contributed by atoms with Crippen molar-refractivity contribution in [3.8, 4) is 17.2 Å². The number of hydrogen-bond acceptors (Lipinski definition) is 5. The molecular formula is C23H30N2O5. The first-order chi connectivity index (χ1) is 14.3. The Morgan fingerprint density at radius 3 is 2.13 bits per heavy atom. The maximum Gasteiger partial charge on any atom is 0.261 e. The maximum atomic E-state index is 13.0. The van der Waals surface area contributed by atoms with Gasteiger partial charge in [-0.25, -0.2) is 0 Å². The lowest BCUT2D eigenvalue weighted by molar-refractivity contribution is -0.142. The van der Waals surface area contributed by atoms with Gasteiger partial charge in [-0.05, 0) is 50.6 Å². The summed E-state index contributed by atoms with van der Waals surface area (Å²) in [7, 11) is 3.14. The molecule has 0 spiro atoms. The van der Waals surface area contributed by atoms with Gasteiger partial charge in [-0.2, -0.15) is 0 Å². The molecule has 0 aliphatic heterocycles. The van der Waals surface area contributed by atoms with Gasteiger partial charge in [0.1, 0.15) is 11.8 Å². The predicted octanol–water partition coefficient (Wildman–Crippen LogP) is 3.02. The van der Waals surface area contributed by atoms with E-state index in [1.54, 1.807) is 39.3 Å². The molecule has 2 amide bonds. The number of para-hydroxylation sites is 2. The summed E-state index contributed by atoms with van der Waals surface area (Å²) in [5.74, 6) is 1.21. The largest absolute Gasteiger partial charge is 0.497 e. The van der Waals surface area contributed by atoms with E-state index in [1.165, 1.54) is 4.90 Å². The monoisotopic (exact) mass is 414 g/mol. The molecule has 2 rings (SSSR count). The molecule has 0 aliphatic rings. The Morgan fingerprint density at radius 1 is 0.933 bits per heavy atom. The van der Waals surface area contributed by atoms with Gasteiger partial charge in [0.05, 0.1) is 14.2 Å². The number of ether oxygens (including phenoxy) is 3. The van der Waals surface area contributed by atoms with Crippen LogP contribution in [0.3, 0.4) is 0 Å². The number of amides is 2. The second-order valence-corrected chi connectivity index (χ2v) is 7.15. The highest BCUT2D eigenvalue weighted by molar-refractivity contribution is 5.88. The molecule has 7 nitrogen and oxygen atoms in total. The van der Waals surface area contributed by atoms with Gasteiger partial charge in [0, 0.05) is 12.6 Å². The van der Waals surface area contributed by atoms with Crippen LogP contribution in [0.25, 0.3) is 0 Å². The van der Waals surface area contributed by atoms with E-state index in [1.807, 2.05) is 44.2 Å². The molecule has 7 heteroatoms. The third-order valence-electron chi connectivity index (χ3n) is 4.53. The van der Waals surface area contributed by atoms with Crippen LogP contribution in [-0.4, -0.2) is 49.6 Å². The first-order valence-electron chi connectivity index (χ1n) is 9.84. The zero-order chi connectivity index (χ0) is 22.1. The third kappa shape index (κ3) is 6.40. The fourth-order valence-corrected chi connectivity index (χ4v) is 2.88. The van der Waals surface area contributed by atoms with E-state index in [4.69, 9.17) is 14.2 Å². The Bertz CT molecular complexity index is 836. The highest BCUT2D eigenvalue weighted by atomic mass is 16.5. The molecule has 0 radical (unpaired) electrons. The molecule has 0 saturated carbocycles. The van der Waals surface area contributed by atoms with Crippen molar-refractivity contribution in [3.05, 3.63) is 54.1 Å². The lowest BCUT2D eigenvalue weighted by Crippen LogP contribution is -2.50. The number of rotatable bonds is 10. The van der Waals surface area contributed by atoms with Gasteiger partial charge in [-0.3, -0.25) is 9.59 Å². The SMILES string of the molecule is COc1ccc(CN(C(=O)COc2ccccc2OC)[C@@H](C)C(=O)NC(C)C)cc1. The number of methoxy groups -OCH3 is 2. The van der Waals surface area contributed by atoms with Crippen molar-refractivity contribution in [2.45, 2.75) is 39.4 Å². The molecule has 0 heterocycles. The molecular weight excluding hydrogens is 384 g/mol. The van der Waals surface area contributed by atoms with Crippen LogP contribution < -0.4 is 19.5 Å². The Hall–Kier alpha value is -3.22. The second kappa shape index (κ2) is 11.1. The number of carbonyl (C=O) groups is 2. The minimum absolute atomic E-state index is 0.0253. The number of hydrogen-bond donors (Lipinski definition) is 1. The number of nitrogens with zero attached hydrogens (tertiary/aromatic N) is 1. The molecule has 0 bridgehead atoms. The molecule has 30 heavy (non-hydrogen) atoms. The third-order valence-corrected chi connectivity index (χ3v) is 4.53. The van der Waals surface area contributed by atoms with E-state index in [-0.39, 0.29) is 31.0 Å². The molecule has 1 atom stereocenters. The first kappa shape index (κ1) is 23.1. The van der Waals surface area contributed by atoms with E-state index in [0.29, 0.717) is 11.5 Å². The highest BCUT2D eigenvalue weighted by Crippen LogP contribution is 2.26. The summed E-state index contributed by atoms with van der Waals surface area (Å²) in [6.07, 6.45) is 0. The van der Waals surface area contributed by atoms with Gasteiger partial charge in [-0.15, -0.1) is 0 Å². The quantitative estimate of drug-likeness (QED) is 0.647. The molecule has 0 fully saturated rings. The fraction of sp³-hybridized carbons (Fsp3) is 0.391. The zero-order valence-corrected chi connectivity index (χ0v) is 18.2. The van der Waals surface area contributed by atoms with Crippen molar-refractivity contribution in [2.24, 2.45) is 0 Å². The van der Waals surface area contributed by atoms with Gasteiger partial charge in [0.25, 0.3) is 5.91 Å². The molecule has 2 aromatic carbocycles. The summed E-state index contributed by atoms with van der Waals surface area (Å²) in [5, 5.41) is 2.86. The smallest absolute Gasteiger partial charge is 0.261 e. The van der Waals surface area contributed by atoms with Gasteiger partial charge in [0.15, 0.2) is 18.1 Å². The zero-order valence-electron chi connectivity index (χ0n) is 18.2. The first-order valence-corrected chi connectivity index (χ1v) is 9.84. The summed E-state index contributed by atoms with van der Waals surface area (Å²) in [6, 6.07) is 13.8. The fourth-order valence-electron chi connectivity index (χ4n) is 2.88. The summed E-state index contributed by atoms with van der Waals surface area (Å²) in [6.45, 7) is 5.53. The Labute approximate surface area is 177 Å². The number of carbonyl (C=O) groups excluding carboxylic acids is 2. The summed E-state index contributed by atoms with van der Waals surface area (Å²) >= 11 is 0. The minimum Gasteiger partial charge on any atom is -0.497 e. The minimum atomic E-state index is -0.664. The van der Waals surface area contributed by atoms with Crippen LogP contribution >= 0.6 is 0 Å². The van der Waals surface area contributed by atoms with E-state index in [0.717, 1.165) is 11.3 Å². The van der Waals surface area contributed by atoms with Crippen LogP contribution in [-0.2, 0) is 16.1 Å². The second-order valence-electron chi connectivity index (χ2n) is 7.15. The van der Waals surface area contributed by atoms with E-state index < -0.39 is 6.04 Å². The van der Waals surface area contributed by atoms with Gasteiger partial charge >= 0.3 is 0 Å². The standard InChI is InChI=1S/C23H30N2O5/c1-16(2)24-23(27)17(3)25(14-18-10-12-19(28-4)13-11-18)22(26)15-30-21-9-7-6-8-20(21)29-5/h6-13,16-17H,14-15H2,1-5H3,(H,24,27)/t17-/m0/s1. The van der Waals surface area contributed by atoms with Crippen LogP contribution in [0.4, 0.5) is 0 Å². The molecule has 0 saturated heterocycles. The molecule has 1 N–H and O–H groups in total. The van der Waals surface area contributed by atoms with Crippen LogP contribution in [0.1, 0.15) is 26.3 Å². The van der Waals surface area contributed by atoms with Crippen molar-refractivity contribution in [3.63, 3.8) is 0 Å². The Balaban J connectivity index is 2.17. The van der Waals surface area contributed by atoms with Crippen molar-refractivity contribution in [1.82, 2.24) is 10.2 Å². The van der Waals surface area contributed by atoms with Gasteiger partial charge in [-0.1, -0.05) is 24.3 Å². The van der Waals surface area contributed by atoms with Gasteiger partial charge in [0.2, 0.25) is 5.91 Å². The lowest BCUT2D eigenvalue weighted by Gasteiger charge is -2.29. The van der Waals surface area contributed by atoms with Crippen molar-refractivity contribution in [2.75, 3.05) is 20.8 Å². The van der Waals surface area contributed by atoms with Crippen LogP contribution in [0, 0.1) is 0 Å². The molecule has 0 unspecified atom stereocenters. The van der Waals surface area contributed by atoms with Crippen LogP contribution in [0.15, 0.2) is 48.5 Å². The molecule has 0 aromatic heterocycles. The molecule has 0 aliphatic carbocycles. The van der Waals surface area contributed by atoms with E-state index in [2.05, 4.69) is 5.32 Å². The summed E-state index contributed by atoms with van der Waals surface area (Å²) in [4.78, 5) is 27.1. The van der Waals surface area contributed by atoms with Crippen molar-refractivity contribution in [1.29, 1.82) is 0 Å². The topological polar surface area (TPSA) is 77.1 Å². The van der Waals surface area contributed by atoms with Crippen molar-refractivity contribution >= 4 is 11.8 Å². The Kier molecular flexibility index (Phi) is 8.53. The van der Waals surface area contributed by atoms with Crippen molar-refractivity contribution < 1.29 is 23.8 Å². The van der Waals surface area contributed by atoms with Crippen LogP contribution in [0.5, 0.6) is 17.2 Å². The average Bonchev–Trinajstić information content (AvgIpc) is 2.75. The normalized spacial score (nSPS) is 11.5. The highest BCUT2D eigenvalue weighted by Gasteiger charge is 2.27. The van der Waals surface area contributed by atoms with Crippen LogP contribution in [0.2, 0.25) is 0 Å². The summed E-state index contributed by atoms with van der Waals surface area (Å²) < 4.78 is 16.1. The van der Waals surface area contributed by atoms with E-state index >= 15 is 0 Å². The number of nitrogens with one attached hydrogen (secondary N) is 1. The lowest BCUT2D eigenvalue weighted by atomic mass is 10.1. The molecule has 162 valence electrons. The maximum absolute atomic E-state index is 13.0. The van der Waals surface area contributed by atoms with E-state index in [9.17, 15) is 9.59 Å².